The number of ketones is 1. The highest BCUT2D eigenvalue weighted by Gasteiger charge is 2.06. The van der Waals surface area contributed by atoms with Crippen LogP contribution in [-0.2, 0) is 0 Å². The van der Waals surface area contributed by atoms with Gasteiger partial charge >= 0.3 is 0 Å². The van der Waals surface area contributed by atoms with Gasteiger partial charge in [-0.1, -0.05) is 36.4 Å². The molecule has 25 heavy (non-hydrogen) atoms. The predicted molar refractivity (Wildman–Crippen MR) is 97.0 cm³/mol. The second-order valence-corrected chi connectivity index (χ2v) is 5.48. The third-order valence-corrected chi connectivity index (χ3v) is 3.84. The molecule has 0 saturated heterocycles. The van der Waals surface area contributed by atoms with Crippen LogP contribution in [0.3, 0.4) is 0 Å². The van der Waals surface area contributed by atoms with Gasteiger partial charge in [-0.25, -0.2) is 0 Å². The summed E-state index contributed by atoms with van der Waals surface area (Å²) in [7, 11) is 1.61. The van der Waals surface area contributed by atoms with Crippen LogP contribution in [0, 0.1) is 10.1 Å². The summed E-state index contributed by atoms with van der Waals surface area (Å²) < 4.78 is 5.19. The van der Waals surface area contributed by atoms with Gasteiger partial charge in [0.2, 0.25) is 0 Å². The van der Waals surface area contributed by atoms with Crippen LogP contribution in [0.25, 0.3) is 16.8 Å². The minimum atomic E-state index is -0.462. The maximum Gasteiger partial charge on any atom is 0.270 e. The summed E-state index contributed by atoms with van der Waals surface area (Å²) in [6.07, 6.45) is 3.00. The number of benzene rings is 3. The fourth-order valence-corrected chi connectivity index (χ4v) is 2.51. The average molecular weight is 333 g/mol. The lowest BCUT2D eigenvalue weighted by Crippen LogP contribution is -1.94. The van der Waals surface area contributed by atoms with E-state index in [1.807, 2.05) is 30.3 Å². The molecule has 3 rings (SSSR count). The van der Waals surface area contributed by atoms with Gasteiger partial charge in [-0.15, -0.1) is 0 Å². The van der Waals surface area contributed by atoms with Crippen molar-refractivity contribution in [3.8, 4) is 5.75 Å². The number of rotatable bonds is 5. The Bertz CT molecular complexity index is 992. The van der Waals surface area contributed by atoms with Crippen molar-refractivity contribution in [3.05, 3.63) is 88.0 Å². The van der Waals surface area contributed by atoms with Crippen LogP contribution in [-0.4, -0.2) is 17.8 Å². The minimum Gasteiger partial charge on any atom is -0.497 e. The quantitative estimate of drug-likeness (QED) is 0.295. The van der Waals surface area contributed by atoms with E-state index in [1.165, 1.54) is 18.2 Å². The number of hydrogen-bond donors (Lipinski definition) is 0. The van der Waals surface area contributed by atoms with Gasteiger partial charge in [-0.05, 0) is 40.6 Å². The molecule has 0 aromatic heterocycles. The largest absolute Gasteiger partial charge is 0.497 e. The summed E-state index contributed by atoms with van der Waals surface area (Å²) in [6, 6.07) is 17.2. The number of nitrogens with zero attached hydrogens (tertiary/aromatic N) is 1. The minimum absolute atomic E-state index is 0.00532. The van der Waals surface area contributed by atoms with Crippen LogP contribution in [0.15, 0.2) is 66.7 Å². The number of carbonyl (C=O) groups excluding carboxylic acids is 1. The van der Waals surface area contributed by atoms with Crippen molar-refractivity contribution in [3.63, 3.8) is 0 Å². The number of carbonyl (C=O) groups is 1. The number of methoxy groups -OCH3 is 1. The van der Waals surface area contributed by atoms with Gasteiger partial charge in [0.1, 0.15) is 5.75 Å². The van der Waals surface area contributed by atoms with E-state index in [0.717, 1.165) is 16.5 Å². The smallest absolute Gasteiger partial charge is 0.270 e. The summed E-state index contributed by atoms with van der Waals surface area (Å²) in [5.41, 5.74) is 1.15. The summed E-state index contributed by atoms with van der Waals surface area (Å²) >= 11 is 0. The van der Waals surface area contributed by atoms with Crippen molar-refractivity contribution in [2.45, 2.75) is 0 Å². The molecular weight excluding hydrogens is 318 g/mol. The Morgan fingerprint density at radius 2 is 1.80 bits per heavy atom. The molecule has 124 valence electrons. The van der Waals surface area contributed by atoms with Gasteiger partial charge in [-0.3, -0.25) is 14.9 Å². The standard InChI is InChI=1S/C20H15NO4/c1-25-19-9-8-15-12-17(7-6-16(15)13-19)20(22)10-5-14-3-2-4-18(11-14)21(23)24/h2-13H,1H3. The molecule has 0 fully saturated rings. The Hall–Kier alpha value is -3.47. The summed E-state index contributed by atoms with van der Waals surface area (Å²) in [5, 5.41) is 12.7. The summed E-state index contributed by atoms with van der Waals surface area (Å²) in [6.45, 7) is 0. The van der Waals surface area contributed by atoms with E-state index >= 15 is 0 Å². The molecule has 0 N–H and O–H groups in total. The van der Waals surface area contributed by atoms with Crippen LogP contribution in [0.5, 0.6) is 5.75 Å². The summed E-state index contributed by atoms with van der Waals surface area (Å²) in [5.74, 6) is 0.598. The molecule has 0 heterocycles. The van der Waals surface area contributed by atoms with E-state index in [1.54, 1.807) is 31.4 Å². The number of ether oxygens (including phenoxy) is 1. The van der Waals surface area contributed by atoms with E-state index < -0.39 is 4.92 Å². The number of nitro benzene ring substituents is 1. The van der Waals surface area contributed by atoms with E-state index in [9.17, 15) is 14.9 Å². The zero-order valence-electron chi connectivity index (χ0n) is 13.5. The Labute approximate surface area is 144 Å². The van der Waals surface area contributed by atoms with Gasteiger partial charge in [0, 0.05) is 17.7 Å². The van der Waals surface area contributed by atoms with Crippen molar-refractivity contribution in [1.82, 2.24) is 0 Å². The fourth-order valence-electron chi connectivity index (χ4n) is 2.51. The maximum absolute atomic E-state index is 12.4. The molecule has 0 spiro atoms. The molecular formula is C20H15NO4. The number of nitro groups is 1. The topological polar surface area (TPSA) is 69.4 Å². The highest BCUT2D eigenvalue weighted by molar-refractivity contribution is 6.08. The van der Waals surface area contributed by atoms with Gasteiger partial charge in [-0.2, -0.15) is 0 Å². The van der Waals surface area contributed by atoms with Gasteiger partial charge in [0.15, 0.2) is 5.78 Å². The lowest BCUT2D eigenvalue weighted by molar-refractivity contribution is -0.384. The van der Waals surface area contributed by atoms with E-state index in [0.29, 0.717) is 11.1 Å². The molecule has 0 aliphatic carbocycles. The molecule has 0 bridgehead atoms. The van der Waals surface area contributed by atoms with E-state index in [2.05, 4.69) is 0 Å². The molecule has 5 heteroatoms. The Morgan fingerprint density at radius 3 is 2.56 bits per heavy atom. The highest BCUT2D eigenvalue weighted by Crippen LogP contribution is 2.22. The molecule has 3 aromatic rings. The molecule has 3 aromatic carbocycles. The van der Waals surface area contributed by atoms with Crippen molar-refractivity contribution in [2.75, 3.05) is 7.11 Å². The number of hydrogen-bond acceptors (Lipinski definition) is 4. The van der Waals surface area contributed by atoms with E-state index in [-0.39, 0.29) is 11.5 Å². The fraction of sp³-hybridized carbons (Fsp3) is 0.0500. The first-order chi connectivity index (χ1) is 12.1. The normalized spacial score (nSPS) is 10.9. The zero-order valence-corrected chi connectivity index (χ0v) is 13.5. The van der Waals surface area contributed by atoms with Crippen molar-refractivity contribution in [2.24, 2.45) is 0 Å². The lowest BCUT2D eigenvalue weighted by Gasteiger charge is -2.04. The van der Waals surface area contributed by atoms with Crippen molar-refractivity contribution < 1.29 is 14.5 Å². The molecule has 0 amide bonds. The van der Waals surface area contributed by atoms with Crippen LogP contribution >= 0.6 is 0 Å². The predicted octanol–water partition coefficient (Wildman–Crippen LogP) is 4.65. The van der Waals surface area contributed by atoms with Crippen LogP contribution in [0.4, 0.5) is 5.69 Å². The monoisotopic (exact) mass is 333 g/mol. The van der Waals surface area contributed by atoms with Crippen molar-refractivity contribution >= 4 is 28.3 Å². The molecule has 0 unspecified atom stereocenters. The van der Waals surface area contributed by atoms with Gasteiger partial charge in [0.25, 0.3) is 5.69 Å². The molecule has 0 aliphatic rings. The Balaban J connectivity index is 1.84. The van der Waals surface area contributed by atoms with Gasteiger partial charge in [0.05, 0.1) is 12.0 Å². The van der Waals surface area contributed by atoms with Crippen LogP contribution in [0.2, 0.25) is 0 Å². The SMILES string of the molecule is COc1ccc2cc(C(=O)C=Cc3cccc([N+](=O)[O-])c3)ccc2c1. The Kier molecular flexibility index (Phi) is 4.57. The Morgan fingerprint density at radius 1 is 1.04 bits per heavy atom. The first kappa shape index (κ1) is 16.4. The van der Waals surface area contributed by atoms with Crippen molar-refractivity contribution in [1.29, 1.82) is 0 Å². The third kappa shape index (κ3) is 3.72. The van der Waals surface area contributed by atoms with E-state index in [4.69, 9.17) is 4.74 Å². The highest BCUT2D eigenvalue weighted by atomic mass is 16.6. The zero-order chi connectivity index (χ0) is 17.8. The number of fused-ring (bicyclic) bond motifs is 1. The van der Waals surface area contributed by atoms with Gasteiger partial charge < -0.3 is 4.74 Å². The third-order valence-electron chi connectivity index (χ3n) is 3.84. The molecule has 0 atom stereocenters. The van der Waals surface area contributed by atoms with Crippen LogP contribution < -0.4 is 4.74 Å². The molecule has 0 aliphatic heterocycles. The van der Waals surface area contributed by atoms with Crippen LogP contribution in [0.1, 0.15) is 15.9 Å². The lowest BCUT2D eigenvalue weighted by atomic mass is 10.0. The first-order valence-electron chi connectivity index (χ1n) is 7.61. The maximum atomic E-state index is 12.4. The summed E-state index contributed by atoms with van der Waals surface area (Å²) in [4.78, 5) is 22.7. The average Bonchev–Trinajstić information content (AvgIpc) is 2.65. The number of allylic oxidation sites excluding steroid dienone is 1. The second kappa shape index (κ2) is 6.97. The second-order valence-electron chi connectivity index (χ2n) is 5.48. The first-order valence-corrected chi connectivity index (χ1v) is 7.61. The molecule has 0 saturated carbocycles. The number of non-ortho nitro benzene ring substituents is 1. The molecule has 5 nitrogen and oxygen atoms in total. The molecule has 0 radical (unpaired) electrons.